The van der Waals surface area contributed by atoms with Crippen LogP contribution in [-0.4, -0.2) is 127 Å². The molecule has 45 heavy (non-hydrogen) atoms. The van der Waals surface area contributed by atoms with Crippen molar-refractivity contribution in [2.45, 2.75) is 55.1 Å². The van der Waals surface area contributed by atoms with Gasteiger partial charge in [-0.3, -0.25) is 28.5 Å². The van der Waals surface area contributed by atoms with Gasteiger partial charge in [0.2, 0.25) is 5.96 Å². The summed E-state index contributed by atoms with van der Waals surface area (Å²) < 4.78 is 50.7. The van der Waals surface area contributed by atoms with Gasteiger partial charge in [-0.2, -0.15) is 18.9 Å². The number of amides is 2. The van der Waals surface area contributed by atoms with Crippen molar-refractivity contribution in [2.24, 2.45) is 26.4 Å². The third kappa shape index (κ3) is 7.03. The molecule has 5 rings (SSSR count). The number of rotatable bonds is 11. The lowest BCUT2D eigenvalue weighted by Gasteiger charge is -2.27. The van der Waals surface area contributed by atoms with Crippen LogP contribution in [0.5, 0.6) is 0 Å². The third-order valence-electron chi connectivity index (χ3n) is 6.90. The molecule has 22 nitrogen and oxygen atoms in total. The van der Waals surface area contributed by atoms with Crippen molar-refractivity contribution < 1.29 is 76.3 Å². The van der Waals surface area contributed by atoms with Gasteiger partial charge in [-0.25, -0.2) is 9.13 Å². The summed E-state index contributed by atoms with van der Waals surface area (Å²) in [5.74, 6) is -1.92. The Kier molecular flexibility index (Phi) is 9.33. The van der Waals surface area contributed by atoms with Crippen LogP contribution in [0.25, 0.3) is 0 Å². The minimum atomic E-state index is -5.41. The minimum absolute atomic E-state index is 0.0483. The van der Waals surface area contributed by atoms with E-state index in [2.05, 4.69) is 28.3 Å². The summed E-state index contributed by atoms with van der Waals surface area (Å²) in [5, 5.41) is 41.6. The van der Waals surface area contributed by atoms with Crippen LogP contribution in [-0.2, 0) is 36.8 Å². The molecule has 11 atom stereocenters. The van der Waals surface area contributed by atoms with Crippen LogP contribution in [0.4, 0.5) is 0 Å². The number of carbonyl (C=O) groups excluding carboxylic acids is 2. The fourth-order valence-corrected chi connectivity index (χ4v) is 6.82. The molecule has 0 bridgehead atoms. The molecule has 4 aliphatic rings. The molecular weight excluding hydrogens is 652 g/mol. The van der Waals surface area contributed by atoms with E-state index in [0.717, 1.165) is 11.2 Å². The number of ether oxygens (including phenoxy) is 2. The van der Waals surface area contributed by atoms with Crippen molar-refractivity contribution in [1.82, 2.24) is 4.90 Å². The second-order valence-corrected chi connectivity index (χ2v) is 13.0. The molecule has 2 saturated heterocycles. The Morgan fingerprint density at radius 1 is 1.00 bits per heavy atom. The van der Waals surface area contributed by atoms with Gasteiger partial charge in [-0.05, 0) is 6.07 Å². The normalized spacial score (nSPS) is 35.5. The van der Waals surface area contributed by atoms with Crippen LogP contribution in [0, 0.1) is 0 Å². The molecule has 0 aromatic carbocycles. The first-order valence-electron chi connectivity index (χ1n) is 12.8. The summed E-state index contributed by atoms with van der Waals surface area (Å²) in [7, 11) is -10.8. The first-order chi connectivity index (χ1) is 21.1. The molecule has 4 aliphatic heterocycles. The van der Waals surface area contributed by atoms with Gasteiger partial charge in [-0.15, -0.1) is 0 Å². The summed E-state index contributed by atoms with van der Waals surface area (Å²) in [4.78, 5) is 55.9. The Labute approximate surface area is 252 Å². The van der Waals surface area contributed by atoms with Gasteiger partial charge in [0.1, 0.15) is 36.1 Å². The van der Waals surface area contributed by atoms with E-state index in [1.807, 2.05) is 0 Å². The minimum Gasteiger partial charge on any atom is -0.387 e. The number of aliphatic hydroxyl groups excluding tert-OH is 4. The van der Waals surface area contributed by atoms with Gasteiger partial charge in [0.15, 0.2) is 36.6 Å². The SMILES string of the molecule is NC(=O)c1ccc[n+]([C@@H]2O[C@H](COP(=O)(O)OP(=O)(O)OC[C@H]3O[C@@H](N4C=NC5C(=O)N=C(N)N=C54)C(O)[C@H]3O)[C@@H](O)[C@H]2O)c1. The fourth-order valence-electron chi connectivity index (χ4n) is 4.73. The fraction of sp³-hybridized carbons (Fsp3) is 0.524. The lowest BCUT2D eigenvalue weighted by molar-refractivity contribution is -0.765. The number of aliphatic imine (C=N–C) groups is 3. The van der Waals surface area contributed by atoms with E-state index in [1.165, 1.54) is 29.1 Å². The van der Waals surface area contributed by atoms with Crippen molar-refractivity contribution in [3.63, 3.8) is 0 Å². The van der Waals surface area contributed by atoms with Gasteiger partial charge < -0.3 is 51.2 Å². The van der Waals surface area contributed by atoms with Crippen LogP contribution in [0.15, 0.2) is 39.5 Å². The van der Waals surface area contributed by atoms with Gasteiger partial charge in [0.05, 0.1) is 19.6 Å². The van der Waals surface area contributed by atoms with Crippen molar-refractivity contribution in [1.29, 1.82) is 0 Å². The molecule has 0 saturated carbocycles. The number of hydrogen-bond donors (Lipinski definition) is 8. The molecule has 4 unspecified atom stereocenters. The number of aliphatic hydroxyl groups is 4. The molecule has 24 heteroatoms. The highest BCUT2D eigenvalue weighted by molar-refractivity contribution is 7.61. The molecular formula is C21H28N7O15P2+. The second-order valence-electron chi connectivity index (χ2n) is 9.96. The maximum absolute atomic E-state index is 12.4. The smallest absolute Gasteiger partial charge is 0.387 e. The van der Waals surface area contributed by atoms with Gasteiger partial charge in [-0.1, -0.05) is 0 Å². The molecule has 1 aromatic heterocycles. The summed E-state index contributed by atoms with van der Waals surface area (Å²) in [5.41, 5.74) is 10.8. The molecule has 2 fully saturated rings. The Balaban J connectivity index is 1.14. The number of pyridine rings is 1. The predicted octanol–water partition coefficient (Wildman–Crippen LogP) is -4.64. The van der Waals surface area contributed by atoms with Crippen molar-refractivity contribution >= 4 is 45.6 Å². The molecule has 5 heterocycles. The lowest BCUT2D eigenvalue weighted by Crippen LogP contribution is -2.49. The highest BCUT2D eigenvalue weighted by atomic mass is 31.3. The highest BCUT2D eigenvalue weighted by Crippen LogP contribution is 2.60. The zero-order valence-electron chi connectivity index (χ0n) is 22.6. The first kappa shape index (κ1) is 33.3. The molecule has 1 aromatic rings. The lowest BCUT2D eigenvalue weighted by atomic mass is 10.1. The average Bonchev–Trinajstić information content (AvgIpc) is 3.60. The Morgan fingerprint density at radius 3 is 2.27 bits per heavy atom. The molecule has 246 valence electrons. The Hall–Kier alpha value is -3.08. The number of aromatic nitrogens is 1. The van der Waals surface area contributed by atoms with Crippen LogP contribution < -0.4 is 16.0 Å². The standard InChI is InChI=1S/C21H27N7O15P2/c22-16(33)8-2-1-3-27(4-8)19-14(31)12(29)9(41-19)5-39-44(35,36)43-45(37,38)40-6-10-13(30)15(32)20(42-10)28-7-24-11-17(28)25-21(23)26-18(11)34/h1-4,7,9-15,19-20,29-32H,5-6H2,(H5-,22,23,26,33,34,35,36,37,38)/p+1/t9-,10-,11?,12-,13+,14-,15?,19-,20-/m1/s1. The average molecular weight is 680 g/mol. The monoisotopic (exact) mass is 680 g/mol. The zero-order valence-corrected chi connectivity index (χ0v) is 24.4. The number of fused-ring (bicyclic) bond motifs is 1. The summed E-state index contributed by atoms with van der Waals surface area (Å²) in [6, 6.07) is 1.67. The summed E-state index contributed by atoms with van der Waals surface area (Å²) in [6.45, 7) is -1.87. The van der Waals surface area contributed by atoms with Crippen molar-refractivity contribution in [3.8, 4) is 0 Å². The van der Waals surface area contributed by atoms with Crippen LogP contribution in [0.1, 0.15) is 16.6 Å². The van der Waals surface area contributed by atoms with Crippen LogP contribution in [0.3, 0.4) is 0 Å². The molecule has 0 spiro atoms. The largest absolute Gasteiger partial charge is 0.481 e. The molecule has 0 aliphatic carbocycles. The predicted molar refractivity (Wildman–Crippen MR) is 143 cm³/mol. The van der Waals surface area contributed by atoms with Crippen molar-refractivity contribution in [3.05, 3.63) is 30.1 Å². The molecule has 0 radical (unpaired) electrons. The molecule has 2 amide bonds. The molecule has 10 N–H and O–H groups in total. The number of primary amides is 1. The van der Waals surface area contributed by atoms with Gasteiger partial charge in [0.25, 0.3) is 18.0 Å². The number of carbonyl (C=O) groups is 2. The second kappa shape index (κ2) is 12.6. The van der Waals surface area contributed by atoms with Gasteiger partial charge >= 0.3 is 15.6 Å². The van der Waals surface area contributed by atoms with E-state index in [1.54, 1.807) is 0 Å². The van der Waals surface area contributed by atoms with Gasteiger partial charge in [0, 0.05) is 6.07 Å². The van der Waals surface area contributed by atoms with Crippen LogP contribution >= 0.6 is 15.6 Å². The summed E-state index contributed by atoms with van der Waals surface area (Å²) in [6.07, 6.45) is -8.56. The van der Waals surface area contributed by atoms with E-state index in [9.17, 15) is 48.9 Å². The van der Waals surface area contributed by atoms with E-state index in [-0.39, 0.29) is 17.4 Å². The number of nitrogens with zero attached hydrogens (tertiary/aromatic N) is 5. The summed E-state index contributed by atoms with van der Waals surface area (Å²) >= 11 is 0. The van der Waals surface area contributed by atoms with Crippen LogP contribution in [0.2, 0.25) is 0 Å². The number of phosphoric acid groups is 2. The maximum Gasteiger partial charge on any atom is 0.481 e. The zero-order chi connectivity index (χ0) is 32.8. The van der Waals surface area contributed by atoms with Crippen molar-refractivity contribution in [2.75, 3.05) is 13.2 Å². The highest BCUT2D eigenvalue weighted by Gasteiger charge is 2.52. The number of amidine groups is 1. The first-order valence-corrected chi connectivity index (χ1v) is 15.8. The topological polar surface area (TPSA) is 332 Å². The Bertz CT molecular complexity index is 1540. The van der Waals surface area contributed by atoms with E-state index in [0.29, 0.717) is 0 Å². The Morgan fingerprint density at radius 2 is 1.62 bits per heavy atom. The van der Waals surface area contributed by atoms with E-state index in [4.69, 9.17) is 20.9 Å². The maximum atomic E-state index is 12.4. The number of hydrogen-bond acceptors (Lipinski definition) is 17. The number of phosphoric ester groups is 2. The quantitative estimate of drug-likeness (QED) is 0.0804. The van der Waals surface area contributed by atoms with E-state index >= 15 is 0 Å². The number of nitrogens with two attached hydrogens (primary N) is 2. The number of guanidine groups is 1. The third-order valence-corrected chi connectivity index (χ3v) is 9.50. The van der Waals surface area contributed by atoms with E-state index < -0.39 is 95.8 Å².